The number of amides is 1. The van der Waals surface area contributed by atoms with Crippen LogP contribution in [-0.2, 0) is 11.2 Å². The van der Waals surface area contributed by atoms with Crippen LogP contribution in [0.2, 0.25) is 5.02 Å². The van der Waals surface area contributed by atoms with Gasteiger partial charge in [-0.3, -0.25) is 4.79 Å². The molecule has 24 heavy (non-hydrogen) atoms. The topological polar surface area (TPSA) is 41.1 Å². The van der Waals surface area contributed by atoms with Crippen molar-refractivity contribution in [3.8, 4) is 0 Å². The predicted octanol–water partition coefficient (Wildman–Crippen LogP) is 3.63. The molecule has 2 N–H and O–H groups in total. The molecule has 0 bridgehead atoms. The van der Waals surface area contributed by atoms with Crippen LogP contribution in [0.5, 0.6) is 0 Å². The third-order valence-electron chi connectivity index (χ3n) is 3.62. The second-order valence-corrected chi connectivity index (χ2v) is 5.93. The van der Waals surface area contributed by atoms with Crippen LogP contribution < -0.4 is 10.6 Å². The Labute approximate surface area is 145 Å². The van der Waals surface area contributed by atoms with Gasteiger partial charge in [-0.05, 0) is 37.1 Å². The van der Waals surface area contributed by atoms with E-state index in [1.54, 1.807) is 13.0 Å². The number of nitrogens with one attached hydrogen (secondary N) is 2. The minimum absolute atomic E-state index is 0.0491. The highest BCUT2D eigenvalue weighted by Gasteiger charge is 2.12. The summed E-state index contributed by atoms with van der Waals surface area (Å²) in [5.41, 5.74) is 1.36. The van der Waals surface area contributed by atoms with E-state index in [4.69, 9.17) is 11.6 Å². The summed E-state index contributed by atoms with van der Waals surface area (Å²) >= 11 is 5.90. The molecule has 0 fully saturated rings. The molecular weight excluding hydrogens is 334 g/mol. The first-order valence-electron chi connectivity index (χ1n) is 7.65. The van der Waals surface area contributed by atoms with Gasteiger partial charge in [0, 0.05) is 29.2 Å². The molecule has 0 aliphatic rings. The van der Waals surface area contributed by atoms with Gasteiger partial charge in [0.2, 0.25) is 5.91 Å². The molecule has 0 aliphatic carbocycles. The van der Waals surface area contributed by atoms with Crippen LogP contribution in [0, 0.1) is 11.6 Å². The monoisotopic (exact) mass is 352 g/mol. The highest BCUT2D eigenvalue weighted by molar-refractivity contribution is 6.30. The van der Waals surface area contributed by atoms with Crippen LogP contribution in [0.15, 0.2) is 42.5 Å². The number of carbonyl (C=O) groups is 1. The van der Waals surface area contributed by atoms with E-state index >= 15 is 0 Å². The van der Waals surface area contributed by atoms with Crippen LogP contribution in [0.3, 0.4) is 0 Å². The van der Waals surface area contributed by atoms with Crippen molar-refractivity contribution in [2.75, 3.05) is 13.1 Å². The molecule has 0 saturated carbocycles. The molecule has 1 amide bonds. The molecule has 0 aromatic heterocycles. The lowest BCUT2D eigenvalue weighted by Gasteiger charge is -2.15. The quantitative estimate of drug-likeness (QED) is 0.799. The van der Waals surface area contributed by atoms with E-state index in [0.29, 0.717) is 23.6 Å². The fraction of sp³-hybridized carbons (Fsp3) is 0.278. The number of rotatable bonds is 7. The van der Waals surface area contributed by atoms with Gasteiger partial charge in [-0.1, -0.05) is 29.8 Å². The van der Waals surface area contributed by atoms with E-state index in [0.717, 1.165) is 11.6 Å². The lowest BCUT2D eigenvalue weighted by Crippen LogP contribution is -2.36. The molecule has 2 aromatic rings. The summed E-state index contributed by atoms with van der Waals surface area (Å²) in [6, 6.07) is 10.5. The van der Waals surface area contributed by atoms with Gasteiger partial charge in [-0.2, -0.15) is 0 Å². The SMILES string of the molecule is C[C@H](NCC(=O)NCCc1cccc(Cl)c1)c1ccc(F)cc1F. The lowest BCUT2D eigenvalue weighted by atomic mass is 10.1. The van der Waals surface area contributed by atoms with E-state index < -0.39 is 17.7 Å². The van der Waals surface area contributed by atoms with E-state index in [1.807, 2.05) is 18.2 Å². The van der Waals surface area contributed by atoms with Crippen LogP contribution in [0.4, 0.5) is 8.78 Å². The maximum absolute atomic E-state index is 13.7. The fourth-order valence-corrected chi connectivity index (χ4v) is 2.52. The average Bonchev–Trinajstić information content (AvgIpc) is 2.53. The van der Waals surface area contributed by atoms with E-state index in [1.165, 1.54) is 12.1 Å². The van der Waals surface area contributed by atoms with Gasteiger partial charge >= 0.3 is 0 Å². The van der Waals surface area contributed by atoms with E-state index in [9.17, 15) is 13.6 Å². The standard InChI is InChI=1S/C18H19ClF2N2O/c1-12(16-6-5-15(20)10-17(16)21)23-11-18(24)22-8-7-13-3-2-4-14(19)9-13/h2-6,9-10,12,23H,7-8,11H2,1H3,(H,22,24)/t12-/m0/s1. The number of hydrogen-bond donors (Lipinski definition) is 2. The summed E-state index contributed by atoms with van der Waals surface area (Å²) in [5, 5.41) is 6.37. The Kier molecular flexibility index (Phi) is 6.70. The number of hydrogen-bond acceptors (Lipinski definition) is 2. The van der Waals surface area contributed by atoms with Crippen molar-refractivity contribution in [2.45, 2.75) is 19.4 Å². The van der Waals surface area contributed by atoms with Crippen molar-refractivity contribution in [3.05, 3.63) is 70.2 Å². The van der Waals surface area contributed by atoms with Crippen LogP contribution in [0.25, 0.3) is 0 Å². The Morgan fingerprint density at radius 1 is 1.21 bits per heavy atom. The van der Waals surface area contributed by atoms with Crippen molar-refractivity contribution >= 4 is 17.5 Å². The van der Waals surface area contributed by atoms with Gasteiger partial charge < -0.3 is 10.6 Å². The van der Waals surface area contributed by atoms with Crippen molar-refractivity contribution in [3.63, 3.8) is 0 Å². The molecule has 0 spiro atoms. The largest absolute Gasteiger partial charge is 0.355 e. The van der Waals surface area contributed by atoms with Crippen LogP contribution in [0.1, 0.15) is 24.1 Å². The zero-order valence-corrected chi connectivity index (χ0v) is 14.0. The predicted molar refractivity (Wildman–Crippen MR) is 90.9 cm³/mol. The van der Waals surface area contributed by atoms with Gasteiger partial charge in [-0.15, -0.1) is 0 Å². The van der Waals surface area contributed by atoms with Crippen molar-refractivity contribution in [1.82, 2.24) is 10.6 Å². The molecular formula is C18H19ClF2N2O. The van der Waals surface area contributed by atoms with Gasteiger partial charge in [0.1, 0.15) is 11.6 Å². The Morgan fingerprint density at radius 3 is 2.71 bits per heavy atom. The van der Waals surface area contributed by atoms with Crippen molar-refractivity contribution in [2.24, 2.45) is 0 Å². The summed E-state index contributed by atoms with van der Waals surface area (Å²) in [6.07, 6.45) is 0.675. The summed E-state index contributed by atoms with van der Waals surface area (Å²) < 4.78 is 26.6. The summed E-state index contributed by atoms with van der Waals surface area (Å²) in [5.74, 6) is -1.44. The molecule has 3 nitrogen and oxygen atoms in total. The summed E-state index contributed by atoms with van der Waals surface area (Å²) in [7, 11) is 0. The molecule has 0 radical (unpaired) electrons. The molecule has 6 heteroatoms. The van der Waals surface area contributed by atoms with E-state index in [-0.39, 0.29) is 12.5 Å². The Hall–Kier alpha value is -1.98. The van der Waals surface area contributed by atoms with E-state index in [2.05, 4.69) is 10.6 Å². The second-order valence-electron chi connectivity index (χ2n) is 5.50. The summed E-state index contributed by atoms with van der Waals surface area (Å²) in [6.45, 7) is 2.25. The first kappa shape index (κ1) is 18.4. The molecule has 0 unspecified atom stereocenters. The highest BCUT2D eigenvalue weighted by atomic mass is 35.5. The summed E-state index contributed by atoms with van der Waals surface area (Å²) in [4.78, 5) is 11.8. The minimum atomic E-state index is -0.628. The first-order chi connectivity index (χ1) is 11.5. The molecule has 128 valence electrons. The van der Waals surface area contributed by atoms with Crippen molar-refractivity contribution in [1.29, 1.82) is 0 Å². The highest BCUT2D eigenvalue weighted by Crippen LogP contribution is 2.17. The number of halogens is 3. The first-order valence-corrected chi connectivity index (χ1v) is 8.03. The maximum atomic E-state index is 13.7. The minimum Gasteiger partial charge on any atom is -0.355 e. The molecule has 0 saturated heterocycles. The maximum Gasteiger partial charge on any atom is 0.233 e. The fourth-order valence-electron chi connectivity index (χ4n) is 2.31. The number of benzene rings is 2. The molecule has 0 heterocycles. The Bertz CT molecular complexity index is 709. The molecule has 2 aromatic carbocycles. The average molecular weight is 353 g/mol. The van der Waals surface area contributed by atoms with Gasteiger partial charge in [0.05, 0.1) is 6.54 Å². The third kappa shape index (κ3) is 5.58. The van der Waals surface area contributed by atoms with Crippen molar-refractivity contribution < 1.29 is 13.6 Å². The zero-order valence-electron chi connectivity index (χ0n) is 13.3. The molecule has 0 aliphatic heterocycles. The lowest BCUT2D eigenvalue weighted by molar-refractivity contribution is -0.120. The van der Waals surface area contributed by atoms with Gasteiger partial charge in [0.15, 0.2) is 0 Å². The van der Waals surface area contributed by atoms with Crippen LogP contribution >= 0.6 is 11.6 Å². The van der Waals surface area contributed by atoms with Crippen LogP contribution in [-0.4, -0.2) is 19.0 Å². The molecule has 1 atom stereocenters. The van der Waals surface area contributed by atoms with Gasteiger partial charge in [0.25, 0.3) is 0 Å². The normalized spacial score (nSPS) is 12.0. The Morgan fingerprint density at radius 2 is 2.00 bits per heavy atom. The van der Waals surface area contributed by atoms with Gasteiger partial charge in [-0.25, -0.2) is 8.78 Å². The smallest absolute Gasteiger partial charge is 0.233 e. The second kappa shape index (κ2) is 8.76. The zero-order chi connectivity index (χ0) is 17.5. The number of carbonyl (C=O) groups excluding carboxylic acids is 1. The Balaban J connectivity index is 1.74. The third-order valence-corrected chi connectivity index (χ3v) is 3.86. The molecule has 2 rings (SSSR count).